The monoisotopic (exact) mass is 285 g/mol. The van der Waals surface area contributed by atoms with Gasteiger partial charge in [-0.15, -0.1) is 11.6 Å². The lowest BCUT2D eigenvalue weighted by atomic mass is 9.81. The van der Waals surface area contributed by atoms with Gasteiger partial charge in [-0.25, -0.2) is 0 Å². The molecule has 1 unspecified atom stereocenters. The third-order valence-corrected chi connectivity index (χ3v) is 3.98. The number of amides is 1. The van der Waals surface area contributed by atoms with E-state index < -0.39 is 12.1 Å². The molecule has 1 rings (SSSR count). The minimum atomic E-state index is -4.12. The molecule has 6 heteroatoms. The molecule has 1 aliphatic rings. The SMILES string of the molecule is CC(CCl)CNC(=O)C1CCC(C(F)(F)F)CC1. The van der Waals surface area contributed by atoms with Crippen LogP contribution in [-0.4, -0.2) is 24.5 Å². The van der Waals surface area contributed by atoms with E-state index in [4.69, 9.17) is 11.6 Å². The summed E-state index contributed by atoms with van der Waals surface area (Å²) in [6.07, 6.45) is -3.34. The molecule has 0 aromatic rings. The first-order chi connectivity index (χ1) is 8.34. The zero-order chi connectivity index (χ0) is 13.8. The van der Waals surface area contributed by atoms with Gasteiger partial charge < -0.3 is 5.32 Å². The standard InChI is InChI=1S/C12H19ClF3NO/c1-8(6-13)7-17-11(18)9-2-4-10(5-3-9)12(14,15)16/h8-10H,2-7H2,1H3,(H,17,18). The number of hydrogen-bond acceptors (Lipinski definition) is 1. The lowest BCUT2D eigenvalue weighted by Crippen LogP contribution is -2.37. The largest absolute Gasteiger partial charge is 0.391 e. The molecule has 0 aromatic heterocycles. The van der Waals surface area contributed by atoms with Gasteiger partial charge in [0.15, 0.2) is 0 Å². The maximum absolute atomic E-state index is 12.5. The van der Waals surface area contributed by atoms with Crippen LogP contribution in [0.15, 0.2) is 0 Å². The van der Waals surface area contributed by atoms with Crippen molar-refractivity contribution in [2.24, 2.45) is 17.8 Å². The van der Waals surface area contributed by atoms with Gasteiger partial charge in [0, 0.05) is 18.3 Å². The smallest absolute Gasteiger partial charge is 0.356 e. The van der Waals surface area contributed by atoms with Crippen LogP contribution in [-0.2, 0) is 4.79 Å². The summed E-state index contributed by atoms with van der Waals surface area (Å²) in [5.74, 6) is -0.995. The summed E-state index contributed by atoms with van der Waals surface area (Å²) in [6, 6.07) is 0. The Bertz CT molecular complexity index is 275. The number of rotatable bonds is 4. The van der Waals surface area contributed by atoms with E-state index in [1.807, 2.05) is 6.92 Å². The van der Waals surface area contributed by atoms with Crippen LogP contribution in [0.4, 0.5) is 13.2 Å². The number of alkyl halides is 4. The predicted octanol–water partition coefficient (Wildman–Crippen LogP) is 3.35. The topological polar surface area (TPSA) is 29.1 Å². The fourth-order valence-corrected chi connectivity index (χ4v) is 2.27. The molecule has 0 heterocycles. The third-order valence-electron chi connectivity index (χ3n) is 3.45. The molecule has 0 radical (unpaired) electrons. The van der Waals surface area contributed by atoms with E-state index in [9.17, 15) is 18.0 Å². The molecule has 0 spiro atoms. The first-order valence-electron chi connectivity index (χ1n) is 6.25. The van der Waals surface area contributed by atoms with Crippen molar-refractivity contribution in [1.29, 1.82) is 0 Å². The van der Waals surface area contributed by atoms with E-state index in [-0.39, 0.29) is 30.6 Å². The van der Waals surface area contributed by atoms with E-state index in [2.05, 4.69) is 5.32 Å². The van der Waals surface area contributed by atoms with Crippen molar-refractivity contribution in [2.45, 2.75) is 38.8 Å². The van der Waals surface area contributed by atoms with Gasteiger partial charge in [-0.3, -0.25) is 4.79 Å². The summed E-state index contributed by atoms with van der Waals surface area (Å²) in [4.78, 5) is 11.7. The molecule has 1 saturated carbocycles. The van der Waals surface area contributed by atoms with Crippen LogP contribution in [0.2, 0.25) is 0 Å². The van der Waals surface area contributed by atoms with Crippen LogP contribution >= 0.6 is 11.6 Å². The Labute approximate surface area is 110 Å². The highest BCUT2D eigenvalue weighted by atomic mass is 35.5. The molecular formula is C12H19ClF3NO. The second-order valence-corrected chi connectivity index (χ2v) is 5.40. The normalized spacial score (nSPS) is 26.7. The Morgan fingerprint density at radius 2 is 1.89 bits per heavy atom. The number of nitrogens with one attached hydrogen (secondary N) is 1. The molecule has 0 aliphatic heterocycles. The Morgan fingerprint density at radius 1 is 1.33 bits per heavy atom. The Kier molecular flexibility index (Phi) is 5.76. The van der Waals surface area contributed by atoms with Crippen LogP contribution in [0.3, 0.4) is 0 Å². The van der Waals surface area contributed by atoms with Gasteiger partial charge in [0.05, 0.1) is 5.92 Å². The molecular weight excluding hydrogens is 267 g/mol. The Morgan fingerprint density at radius 3 is 2.33 bits per heavy atom. The maximum Gasteiger partial charge on any atom is 0.391 e. The molecule has 0 aromatic carbocycles. The molecule has 1 fully saturated rings. The van der Waals surface area contributed by atoms with Crippen LogP contribution in [0.5, 0.6) is 0 Å². The van der Waals surface area contributed by atoms with Gasteiger partial charge in [0.2, 0.25) is 5.91 Å². The van der Waals surface area contributed by atoms with E-state index >= 15 is 0 Å². The quantitative estimate of drug-likeness (QED) is 0.789. The van der Waals surface area contributed by atoms with Crippen molar-refractivity contribution in [3.8, 4) is 0 Å². The Hall–Kier alpha value is -0.450. The zero-order valence-corrected chi connectivity index (χ0v) is 11.2. The highest BCUT2D eigenvalue weighted by molar-refractivity contribution is 6.18. The van der Waals surface area contributed by atoms with Gasteiger partial charge in [0.1, 0.15) is 0 Å². The number of hydrogen-bond donors (Lipinski definition) is 1. The maximum atomic E-state index is 12.5. The van der Waals surface area contributed by atoms with Gasteiger partial charge in [-0.05, 0) is 31.6 Å². The molecule has 106 valence electrons. The zero-order valence-electron chi connectivity index (χ0n) is 10.4. The van der Waals surface area contributed by atoms with Crippen molar-refractivity contribution in [3.63, 3.8) is 0 Å². The number of carbonyl (C=O) groups is 1. The fraction of sp³-hybridized carbons (Fsp3) is 0.917. The highest BCUT2D eigenvalue weighted by Gasteiger charge is 2.42. The minimum absolute atomic E-state index is 0.0621. The summed E-state index contributed by atoms with van der Waals surface area (Å²) >= 11 is 5.61. The fourth-order valence-electron chi connectivity index (χ4n) is 2.16. The molecule has 1 atom stereocenters. The van der Waals surface area contributed by atoms with Crippen LogP contribution in [0.1, 0.15) is 32.6 Å². The molecule has 1 amide bonds. The molecule has 0 bridgehead atoms. The summed E-state index contributed by atoms with van der Waals surface area (Å²) in [5, 5.41) is 2.75. The first kappa shape index (κ1) is 15.6. The summed E-state index contributed by atoms with van der Waals surface area (Å²) in [7, 11) is 0. The summed E-state index contributed by atoms with van der Waals surface area (Å²) in [5.41, 5.74) is 0. The second kappa shape index (κ2) is 6.64. The van der Waals surface area contributed by atoms with Crippen molar-refractivity contribution in [1.82, 2.24) is 5.32 Å². The van der Waals surface area contributed by atoms with Crippen LogP contribution in [0, 0.1) is 17.8 Å². The van der Waals surface area contributed by atoms with E-state index in [0.717, 1.165) is 0 Å². The molecule has 2 nitrogen and oxygen atoms in total. The molecule has 0 saturated heterocycles. The van der Waals surface area contributed by atoms with E-state index in [1.54, 1.807) is 0 Å². The minimum Gasteiger partial charge on any atom is -0.356 e. The summed E-state index contributed by atoms with van der Waals surface area (Å²) in [6.45, 7) is 2.40. The molecule has 1 N–H and O–H groups in total. The Balaban J connectivity index is 2.32. The predicted molar refractivity (Wildman–Crippen MR) is 64.4 cm³/mol. The van der Waals surface area contributed by atoms with Crippen molar-refractivity contribution in [3.05, 3.63) is 0 Å². The average molecular weight is 286 g/mol. The van der Waals surface area contributed by atoms with Crippen LogP contribution in [0.25, 0.3) is 0 Å². The van der Waals surface area contributed by atoms with Gasteiger partial charge >= 0.3 is 6.18 Å². The lowest BCUT2D eigenvalue weighted by molar-refractivity contribution is -0.184. The molecule has 18 heavy (non-hydrogen) atoms. The lowest BCUT2D eigenvalue weighted by Gasteiger charge is -2.29. The molecule has 1 aliphatic carbocycles. The van der Waals surface area contributed by atoms with Crippen molar-refractivity contribution in [2.75, 3.05) is 12.4 Å². The number of carbonyl (C=O) groups excluding carboxylic acids is 1. The average Bonchev–Trinajstić information content (AvgIpc) is 2.34. The summed E-state index contributed by atoms with van der Waals surface area (Å²) < 4.78 is 37.4. The van der Waals surface area contributed by atoms with Crippen LogP contribution < -0.4 is 5.32 Å². The number of halogens is 4. The van der Waals surface area contributed by atoms with Gasteiger partial charge in [0.25, 0.3) is 0 Å². The second-order valence-electron chi connectivity index (χ2n) is 5.09. The van der Waals surface area contributed by atoms with E-state index in [0.29, 0.717) is 25.3 Å². The van der Waals surface area contributed by atoms with Crippen molar-refractivity contribution < 1.29 is 18.0 Å². The van der Waals surface area contributed by atoms with Gasteiger partial charge in [-0.2, -0.15) is 13.2 Å². The third kappa shape index (κ3) is 4.67. The van der Waals surface area contributed by atoms with Gasteiger partial charge in [-0.1, -0.05) is 6.92 Å². The van der Waals surface area contributed by atoms with E-state index in [1.165, 1.54) is 0 Å². The van der Waals surface area contributed by atoms with Crippen molar-refractivity contribution >= 4 is 17.5 Å². The highest BCUT2D eigenvalue weighted by Crippen LogP contribution is 2.39. The first-order valence-corrected chi connectivity index (χ1v) is 6.78.